The predicted molar refractivity (Wildman–Crippen MR) is 43.2 cm³/mol. The second-order valence-electron chi connectivity index (χ2n) is 3.49. The van der Waals surface area contributed by atoms with E-state index in [1.807, 2.05) is 13.8 Å². The van der Waals surface area contributed by atoms with E-state index in [0.717, 1.165) is 19.3 Å². The Morgan fingerprint density at radius 1 is 1.64 bits per heavy atom. The summed E-state index contributed by atoms with van der Waals surface area (Å²) in [5.41, 5.74) is 0. The lowest BCUT2D eigenvalue weighted by atomic mass is 9.97. The summed E-state index contributed by atoms with van der Waals surface area (Å²) in [5, 5.41) is 9.41. The Morgan fingerprint density at radius 2 is 2.18 bits per heavy atom. The van der Waals surface area contributed by atoms with Gasteiger partial charge in [0.1, 0.15) is 6.10 Å². The summed E-state index contributed by atoms with van der Waals surface area (Å²) in [6.45, 7) is 3.86. The van der Waals surface area contributed by atoms with Gasteiger partial charge in [0.2, 0.25) is 0 Å². The van der Waals surface area contributed by atoms with Crippen molar-refractivity contribution in [1.82, 2.24) is 0 Å². The fourth-order valence-corrected chi connectivity index (χ4v) is 1.14. The summed E-state index contributed by atoms with van der Waals surface area (Å²) in [4.78, 5) is 11.3. The third kappa shape index (κ3) is 2.03. The van der Waals surface area contributed by atoms with Gasteiger partial charge in [0.25, 0.3) is 0 Å². The van der Waals surface area contributed by atoms with Crippen molar-refractivity contribution < 1.29 is 9.90 Å². The number of carbonyl (C=O) groups is 1. The number of aliphatic hydroxyl groups is 1. The highest BCUT2D eigenvalue weighted by atomic mass is 16.3. The Hall–Kier alpha value is -0.370. The third-order valence-electron chi connectivity index (χ3n) is 2.46. The summed E-state index contributed by atoms with van der Waals surface area (Å²) in [5.74, 6) is 0.358. The van der Waals surface area contributed by atoms with Gasteiger partial charge in [0.05, 0.1) is 0 Å². The second kappa shape index (κ2) is 3.35. The quantitative estimate of drug-likeness (QED) is 0.667. The van der Waals surface area contributed by atoms with Crippen LogP contribution in [0.3, 0.4) is 0 Å². The van der Waals surface area contributed by atoms with Crippen LogP contribution in [0.25, 0.3) is 0 Å². The van der Waals surface area contributed by atoms with Crippen LogP contribution in [0.15, 0.2) is 0 Å². The number of aliphatic hydroxyl groups excluding tert-OH is 1. The van der Waals surface area contributed by atoms with Crippen molar-refractivity contribution >= 4 is 5.78 Å². The molecule has 0 heterocycles. The highest BCUT2D eigenvalue weighted by molar-refractivity contribution is 5.85. The van der Waals surface area contributed by atoms with Crippen LogP contribution in [0.4, 0.5) is 0 Å². The molecule has 0 aromatic rings. The topological polar surface area (TPSA) is 37.3 Å². The zero-order chi connectivity index (χ0) is 8.43. The molecular weight excluding hydrogens is 140 g/mol. The average Bonchev–Trinajstić information content (AvgIpc) is 2.82. The normalized spacial score (nSPS) is 22.8. The Balaban J connectivity index is 2.38. The first-order valence-electron chi connectivity index (χ1n) is 4.38. The van der Waals surface area contributed by atoms with Gasteiger partial charge in [0.15, 0.2) is 5.78 Å². The van der Waals surface area contributed by atoms with Gasteiger partial charge >= 0.3 is 0 Å². The van der Waals surface area contributed by atoms with Crippen LogP contribution >= 0.6 is 0 Å². The van der Waals surface area contributed by atoms with Crippen LogP contribution in [-0.2, 0) is 4.79 Å². The molecule has 1 rings (SSSR count). The Bertz CT molecular complexity index is 150. The van der Waals surface area contributed by atoms with Gasteiger partial charge in [0, 0.05) is 5.92 Å². The first-order valence-corrected chi connectivity index (χ1v) is 4.38. The summed E-state index contributed by atoms with van der Waals surface area (Å²) >= 11 is 0. The largest absolute Gasteiger partial charge is 0.385 e. The predicted octanol–water partition coefficient (Wildman–Crippen LogP) is 1.37. The molecule has 64 valence electrons. The molecule has 1 aliphatic rings. The van der Waals surface area contributed by atoms with E-state index in [2.05, 4.69) is 0 Å². The molecule has 1 N–H and O–H groups in total. The van der Waals surface area contributed by atoms with Crippen LogP contribution in [0, 0.1) is 11.8 Å². The number of carbonyl (C=O) groups excluding carboxylic acids is 1. The molecule has 1 aliphatic carbocycles. The van der Waals surface area contributed by atoms with Gasteiger partial charge in [-0.3, -0.25) is 4.79 Å². The Morgan fingerprint density at radius 3 is 2.55 bits per heavy atom. The van der Waals surface area contributed by atoms with Crippen LogP contribution < -0.4 is 0 Å². The van der Waals surface area contributed by atoms with E-state index in [0.29, 0.717) is 0 Å². The molecule has 0 bridgehead atoms. The van der Waals surface area contributed by atoms with Crippen LogP contribution in [0.5, 0.6) is 0 Å². The van der Waals surface area contributed by atoms with E-state index in [1.54, 1.807) is 0 Å². The van der Waals surface area contributed by atoms with E-state index in [1.165, 1.54) is 0 Å². The molecule has 2 heteroatoms. The fourth-order valence-electron chi connectivity index (χ4n) is 1.14. The molecule has 11 heavy (non-hydrogen) atoms. The van der Waals surface area contributed by atoms with Crippen molar-refractivity contribution in [3.05, 3.63) is 0 Å². The third-order valence-corrected chi connectivity index (χ3v) is 2.46. The lowest BCUT2D eigenvalue weighted by Gasteiger charge is -2.12. The van der Waals surface area contributed by atoms with Gasteiger partial charge in [-0.1, -0.05) is 13.8 Å². The Labute approximate surface area is 67.6 Å². The number of Topliss-reactive ketones (excluding diaryl/α,β-unsaturated/α-hetero) is 1. The van der Waals surface area contributed by atoms with Crippen LogP contribution in [0.2, 0.25) is 0 Å². The van der Waals surface area contributed by atoms with Crippen LogP contribution in [-0.4, -0.2) is 17.0 Å². The maximum Gasteiger partial charge on any atom is 0.164 e. The standard InChI is InChI=1S/C9H16O2/c1-3-6(2)8(10)9(11)7-4-5-7/h6-7,9,11H,3-5H2,1-2H3. The second-order valence-corrected chi connectivity index (χ2v) is 3.49. The maximum atomic E-state index is 11.3. The summed E-state index contributed by atoms with van der Waals surface area (Å²) in [6.07, 6.45) is 2.24. The molecule has 1 saturated carbocycles. The van der Waals surface area contributed by atoms with Crippen molar-refractivity contribution in [1.29, 1.82) is 0 Å². The van der Waals surface area contributed by atoms with E-state index in [4.69, 9.17) is 0 Å². The van der Waals surface area contributed by atoms with Gasteiger partial charge in [-0.25, -0.2) is 0 Å². The molecule has 0 aromatic carbocycles. The van der Waals surface area contributed by atoms with Gasteiger partial charge in [-0.2, -0.15) is 0 Å². The van der Waals surface area contributed by atoms with Crippen molar-refractivity contribution in [3.63, 3.8) is 0 Å². The molecule has 0 aromatic heterocycles. The van der Waals surface area contributed by atoms with Crippen LogP contribution in [0.1, 0.15) is 33.1 Å². The average molecular weight is 156 g/mol. The minimum Gasteiger partial charge on any atom is -0.385 e. The van der Waals surface area contributed by atoms with Crippen molar-refractivity contribution in [2.75, 3.05) is 0 Å². The molecule has 0 saturated heterocycles. The summed E-state index contributed by atoms with van der Waals surface area (Å²) in [7, 11) is 0. The van der Waals surface area contributed by atoms with Crippen molar-refractivity contribution in [2.45, 2.75) is 39.2 Å². The van der Waals surface area contributed by atoms with Gasteiger partial charge in [-0.15, -0.1) is 0 Å². The molecule has 2 nitrogen and oxygen atoms in total. The summed E-state index contributed by atoms with van der Waals surface area (Å²) in [6, 6.07) is 0. The molecule has 0 aliphatic heterocycles. The number of rotatable bonds is 4. The minimum atomic E-state index is -0.662. The zero-order valence-electron chi connectivity index (χ0n) is 7.21. The highest BCUT2D eigenvalue weighted by Crippen LogP contribution is 2.34. The Kier molecular flexibility index (Phi) is 2.66. The van der Waals surface area contributed by atoms with Crippen molar-refractivity contribution in [2.24, 2.45) is 11.8 Å². The molecule has 1 fully saturated rings. The van der Waals surface area contributed by atoms with E-state index in [-0.39, 0.29) is 17.6 Å². The fraction of sp³-hybridized carbons (Fsp3) is 0.889. The monoisotopic (exact) mass is 156 g/mol. The van der Waals surface area contributed by atoms with Gasteiger partial charge < -0.3 is 5.11 Å². The molecule has 0 amide bonds. The van der Waals surface area contributed by atoms with Crippen molar-refractivity contribution in [3.8, 4) is 0 Å². The highest BCUT2D eigenvalue weighted by Gasteiger charge is 2.35. The van der Waals surface area contributed by atoms with E-state index < -0.39 is 6.10 Å². The summed E-state index contributed by atoms with van der Waals surface area (Å²) < 4.78 is 0. The lowest BCUT2D eigenvalue weighted by molar-refractivity contribution is -0.131. The number of ketones is 1. The molecule has 0 spiro atoms. The SMILES string of the molecule is CCC(C)C(=O)C(O)C1CC1. The van der Waals surface area contributed by atoms with E-state index >= 15 is 0 Å². The minimum absolute atomic E-state index is 0.0330. The first kappa shape index (κ1) is 8.72. The first-order chi connectivity index (χ1) is 5.16. The molecular formula is C9H16O2. The number of hydrogen-bond donors (Lipinski definition) is 1. The molecule has 2 unspecified atom stereocenters. The lowest BCUT2D eigenvalue weighted by Crippen LogP contribution is -2.27. The smallest absolute Gasteiger partial charge is 0.164 e. The zero-order valence-corrected chi connectivity index (χ0v) is 7.21. The number of hydrogen-bond acceptors (Lipinski definition) is 2. The molecule has 2 atom stereocenters. The van der Waals surface area contributed by atoms with E-state index in [9.17, 15) is 9.90 Å². The maximum absolute atomic E-state index is 11.3. The van der Waals surface area contributed by atoms with Gasteiger partial charge in [-0.05, 0) is 25.2 Å². The molecule has 0 radical (unpaired) electrons.